The second-order valence-electron chi connectivity index (χ2n) is 5.47. The number of furan rings is 1. The van der Waals surface area contributed by atoms with E-state index in [9.17, 15) is 9.59 Å². The lowest BCUT2D eigenvalue weighted by molar-refractivity contribution is -0.117. The summed E-state index contributed by atoms with van der Waals surface area (Å²) in [5, 5.41) is 16.7. The fourth-order valence-electron chi connectivity index (χ4n) is 2.08. The number of nitrogens with zero attached hydrogens (tertiary/aromatic N) is 2. The van der Waals surface area contributed by atoms with Crippen LogP contribution in [0, 0.1) is 6.92 Å². The molecule has 3 amide bonds. The van der Waals surface area contributed by atoms with Gasteiger partial charge in [-0.15, -0.1) is 10.2 Å². The van der Waals surface area contributed by atoms with Gasteiger partial charge in [0.25, 0.3) is 0 Å². The van der Waals surface area contributed by atoms with Crippen LogP contribution < -0.4 is 16.0 Å². The Hall–Kier alpha value is -2.85. The standard InChI is InChI=1S/C17H17N5O3S2/c1-11-4-2-5-12(8-11)19-16-21-22-17(27-16)26-10-14(23)20-15(24)18-9-13-6-3-7-25-13/h2-8H,9-10H2,1H3,(H,19,21)(H2,18,20,23,24). The maximum atomic E-state index is 11.8. The van der Waals surface area contributed by atoms with E-state index in [1.54, 1.807) is 12.1 Å². The minimum absolute atomic E-state index is 0.0627. The predicted octanol–water partition coefficient (Wildman–Crippen LogP) is 3.30. The number of imide groups is 1. The molecule has 0 saturated carbocycles. The van der Waals surface area contributed by atoms with E-state index in [-0.39, 0.29) is 12.3 Å². The van der Waals surface area contributed by atoms with Gasteiger partial charge in [0.1, 0.15) is 5.76 Å². The lowest BCUT2D eigenvalue weighted by atomic mass is 10.2. The number of urea groups is 1. The van der Waals surface area contributed by atoms with Gasteiger partial charge in [-0.1, -0.05) is 35.2 Å². The van der Waals surface area contributed by atoms with E-state index < -0.39 is 11.9 Å². The number of anilines is 2. The summed E-state index contributed by atoms with van der Waals surface area (Å²) in [6.07, 6.45) is 1.51. The molecule has 0 aliphatic carbocycles. The number of hydrogen-bond donors (Lipinski definition) is 3. The zero-order chi connectivity index (χ0) is 19.1. The molecule has 0 fully saturated rings. The van der Waals surface area contributed by atoms with Crippen LogP contribution in [-0.4, -0.2) is 27.9 Å². The molecule has 0 spiro atoms. The zero-order valence-corrected chi connectivity index (χ0v) is 16.0. The van der Waals surface area contributed by atoms with Gasteiger partial charge in [-0.2, -0.15) is 0 Å². The van der Waals surface area contributed by atoms with E-state index in [1.807, 2.05) is 31.2 Å². The number of hydrogen-bond acceptors (Lipinski definition) is 8. The van der Waals surface area contributed by atoms with Crippen molar-refractivity contribution in [3.63, 3.8) is 0 Å². The van der Waals surface area contributed by atoms with Gasteiger partial charge in [-0.05, 0) is 36.8 Å². The fraction of sp³-hybridized carbons (Fsp3) is 0.176. The third-order valence-electron chi connectivity index (χ3n) is 3.26. The van der Waals surface area contributed by atoms with Crippen LogP contribution in [0.5, 0.6) is 0 Å². The summed E-state index contributed by atoms with van der Waals surface area (Å²) in [6, 6.07) is 10.8. The maximum absolute atomic E-state index is 11.8. The van der Waals surface area contributed by atoms with Gasteiger partial charge in [0.2, 0.25) is 11.0 Å². The molecule has 3 aromatic rings. The Morgan fingerprint density at radius 3 is 2.89 bits per heavy atom. The average Bonchev–Trinajstić information content (AvgIpc) is 3.30. The van der Waals surface area contributed by atoms with E-state index in [4.69, 9.17) is 4.42 Å². The molecule has 0 saturated heterocycles. The molecule has 2 aromatic heterocycles. The Morgan fingerprint density at radius 2 is 2.11 bits per heavy atom. The normalized spacial score (nSPS) is 10.4. The molecular formula is C17H17N5O3S2. The number of benzene rings is 1. The van der Waals surface area contributed by atoms with Gasteiger partial charge >= 0.3 is 6.03 Å². The molecule has 10 heteroatoms. The molecule has 0 atom stereocenters. The van der Waals surface area contributed by atoms with Crippen molar-refractivity contribution in [2.45, 2.75) is 17.8 Å². The summed E-state index contributed by atoms with van der Waals surface area (Å²) in [4.78, 5) is 23.5. The summed E-state index contributed by atoms with van der Waals surface area (Å²) in [7, 11) is 0. The summed E-state index contributed by atoms with van der Waals surface area (Å²) >= 11 is 2.55. The van der Waals surface area contributed by atoms with Gasteiger partial charge in [0.15, 0.2) is 4.34 Å². The lowest BCUT2D eigenvalue weighted by Gasteiger charge is -2.04. The van der Waals surface area contributed by atoms with Crippen LogP contribution in [0.15, 0.2) is 51.4 Å². The fourth-order valence-corrected chi connectivity index (χ4v) is 3.65. The Labute approximate surface area is 163 Å². The van der Waals surface area contributed by atoms with Crippen LogP contribution >= 0.6 is 23.1 Å². The zero-order valence-electron chi connectivity index (χ0n) is 14.4. The first-order valence-electron chi connectivity index (χ1n) is 7.98. The Bertz CT molecular complexity index is 911. The number of amides is 3. The molecule has 3 rings (SSSR count). The van der Waals surface area contributed by atoms with Crippen molar-refractivity contribution in [3.05, 3.63) is 54.0 Å². The Morgan fingerprint density at radius 1 is 1.22 bits per heavy atom. The minimum Gasteiger partial charge on any atom is -0.467 e. The molecule has 8 nitrogen and oxygen atoms in total. The van der Waals surface area contributed by atoms with E-state index in [2.05, 4.69) is 26.1 Å². The number of carbonyl (C=O) groups is 2. The topological polar surface area (TPSA) is 109 Å². The van der Waals surface area contributed by atoms with Crippen molar-refractivity contribution >= 4 is 45.9 Å². The predicted molar refractivity (Wildman–Crippen MR) is 104 cm³/mol. The highest BCUT2D eigenvalue weighted by Gasteiger charge is 2.11. The third-order valence-corrected chi connectivity index (χ3v) is 5.23. The molecule has 3 N–H and O–H groups in total. The van der Waals surface area contributed by atoms with Crippen molar-refractivity contribution in [3.8, 4) is 0 Å². The van der Waals surface area contributed by atoms with Crippen LogP contribution in [-0.2, 0) is 11.3 Å². The monoisotopic (exact) mass is 403 g/mol. The number of rotatable bonds is 7. The van der Waals surface area contributed by atoms with Crippen LogP contribution in [0.4, 0.5) is 15.6 Å². The highest BCUT2D eigenvalue weighted by molar-refractivity contribution is 8.01. The molecule has 0 aliphatic heterocycles. The SMILES string of the molecule is Cc1cccc(Nc2nnc(SCC(=O)NC(=O)NCc3ccco3)s2)c1. The van der Waals surface area contributed by atoms with Gasteiger partial charge in [-0.25, -0.2) is 4.79 Å². The van der Waals surface area contributed by atoms with Crippen molar-refractivity contribution < 1.29 is 14.0 Å². The molecule has 0 unspecified atom stereocenters. The van der Waals surface area contributed by atoms with E-state index in [0.717, 1.165) is 11.3 Å². The lowest BCUT2D eigenvalue weighted by Crippen LogP contribution is -2.39. The molecule has 2 heterocycles. The molecule has 27 heavy (non-hydrogen) atoms. The number of aromatic nitrogens is 2. The number of carbonyl (C=O) groups excluding carboxylic acids is 2. The molecule has 140 valence electrons. The second kappa shape index (κ2) is 9.19. The maximum Gasteiger partial charge on any atom is 0.321 e. The molecular weight excluding hydrogens is 386 g/mol. The van der Waals surface area contributed by atoms with Gasteiger partial charge in [0, 0.05) is 5.69 Å². The minimum atomic E-state index is -0.573. The first-order chi connectivity index (χ1) is 13.1. The number of aryl methyl sites for hydroxylation is 1. The smallest absolute Gasteiger partial charge is 0.321 e. The van der Waals surface area contributed by atoms with Gasteiger partial charge in [0.05, 0.1) is 18.6 Å². The highest BCUT2D eigenvalue weighted by atomic mass is 32.2. The Kier molecular flexibility index (Phi) is 6.44. The molecule has 0 bridgehead atoms. The van der Waals surface area contributed by atoms with Gasteiger partial charge < -0.3 is 15.1 Å². The number of thioether (sulfide) groups is 1. The Balaban J connectivity index is 1.41. The molecule has 0 aliphatic rings. The summed E-state index contributed by atoms with van der Waals surface area (Å²) < 4.78 is 5.73. The summed E-state index contributed by atoms with van der Waals surface area (Å²) in [6.45, 7) is 2.22. The van der Waals surface area contributed by atoms with E-state index >= 15 is 0 Å². The van der Waals surface area contributed by atoms with E-state index in [1.165, 1.54) is 29.4 Å². The van der Waals surface area contributed by atoms with Crippen molar-refractivity contribution in [2.24, 2.45) is 0 Å². The van der Waals surface area contributed by atoms with Crippen LogP contribution in [0.2, 0.25) is 0 Å². The van der Waals surface area contributed by atoms with E-state index in [0.29, 0.717) is 15.2 Å². The molecule has 0 radical (unpaired) electrons. The summed E-state index contributed by atoms with van der Waals surface area (Å²) in [5.74, 6) is 0.252. The third kappa shape index (κ3) is 6.12. The van der Waals surface area contributed by atoms with Crippen LogP contribution in [0.3, 0.4) is 0 Å². The second-order valence-corrected chi connectivity index (χ2v) is 7.67. The van der Waals surface area contributed by atoms with Crippen LogP contribution in [0.25, 0.3) is 0 Å². The first-order valence-corrected chi connectivity index (χ1v) is 9.79. The van der Waals surface area contributed by atoms with Crippen LogP contribution in [0.1, 0.15) is 11.3 Å². The quantitative estimate of drug-likeness (QED) is 0.519. The van der Waals surface area contributed by atoms with Crippen molar-refractivity contribution in [1.29, 1.82) is 0 Å². The summed E-state index contributed by atoms with van der Waals surface area (Å²) in [5.41, 5.74) is 2.06. The first kappa shape index (κ1) is 18.9. The average molecular weight is 403 g/mol. The largest absolute Gasteiger partial charge is 0.467 e. The van der Waals surface area contributed by atoms with Gasteiger partial charge in [-0.3, -0.25) is 10.1 Å². The number of nitrogens with one attached hydrogen (secondary N) is 3. The highest BCUT2D eigenvalue weighted by Crippen LogP contribution is 2.27. The molecule has 1 aromatic carbocycles. The van der Waals surface area contributed by atoms with Crippen molar-refractivity contribution in [2.75, 3.05) is 11.1 Å². The van der Waals surface area contributed by atoms with Crippen molar-refractivity contribution in [1.82, 2.24) is 20.8 Å².